The van der Waals surface area contributed by atoms with Crippen molar-refractivity contribution in [3.63, 3.8) is 0 Å². The molecule has 1 rings (SSSR count). The van der Waals surface area contributed by atoms with Crippen LogP contribution < -0.4 is 14.8 Å². The van der Waals surface area contributed by atoms with E-state index < -0.39 is 6.10 Å². The molecule has 0 saturated heterocycles. The van der Waals surface area contributed by atoms with Gasteiger partial charge in [-0.3, -0.25) is 0 Å². The standard InChI is InChI=1S/C14H22ClNO3/c1-5-16-8-11-6-12(15)7-13(18-4)14(11)19-10(3)9(2)17/h6-7,9-10,16-17H,5,8H2,1-4H3. The van der Waals surface area contributed by atoms with E-state index >= 15 is 0 Å². The summed E-state index contributed by atoms with van der Waals surface area (Å²) in [5, 5.41) is 13.4. The van der Waals surface area contributed by atoms with Crippen molar-refractivity contribution in [3.05, 3.63) is 22.7 Å². The third kappa shape index (κ3) is 4.56. The fourth-order valence-corrected chi connectivity index (χ4v) is 1.81. The molecule has 4 nitrogen and oxygen atoms in total. The average Bonchev–Trinajstić information content (AvgIpc) is 2.37. The summed E-state index contributed by atoms with van der Waals surface area (Å²) in [6, 6.07) is 3.55. The molecule has 0 saturated carbocycles. The van der Waals surface area contributed by atoms with Crippen LogP contribution >= 0.6 is 11.6 Å². The zero-order valence-electron chi connectivity index (χ0n) is 11.9. The van der Waals surface area contributed by atoms with Crippen molar-refractivity contribution in [1.82, 2.24) is 5.32 Å². The third-order valence-corrected chi connectivity index (χ3v) is 3.08. The largest absolute Gasteiger partial charge is 0.493 e. The number of halogens is 1. The van der Waals surface area contributed by atoms with E-state index in [4.69, 9.17) is 21.1 Å². The molecule has 108 valence electrons. The number of rotatable bonds is 7. The molecular formula is C14H22ClNO3. The Morgan fingerprint density at radius 2 is 2.05 bits per heavy atom. The quantitative estimate of drug-likeness (QED) is 0.809. The lowest BCUT2D eigenvalue weighted by atomic mass is 10.1. The van der Waals surface area contributed by atoms with Gasteiger partial charge in [-0.05, 0) is 26.5 Å². The van der Waals surface area contributed by atoms with E-state index in [0.717, 1.165) is 12.1 Å². The molecule has 0 aliphatic heterocycles. The Hall–Kier alpha value is -0.970. The van der Waals surface area contributed by atoms with Gasteiger partial charge in [0.15, 0.2) is 11.5 Å². The number of hydrogen-bond acceptors (Lipinski definition) is 4. The topological polar surface area (TPSA) is 50.7 Å². The van der Waals surface area contributed by atoms with E-state index in [9.17, 15) is 5.11 Å². The smallest absolute Gasteiger partial charge is 0.166 e. The van der Waals surface area contributed by atoms with E-state index in [2.05, 4.69) is 5.32 Å². The van der Waals surface area contributed by atoms with Crippen LogP contribution in [0.1, 0.15) is 26.3 Å². The molecule has 1 aromatic carbocycles. The van der Waals surface area contributed by atoms with Gasteiger partial charge in [-0.2, -0.15) is 0 Å². The molecular weight excluding hydrogens is 266 g/mol. The minimum absolute atomic E-state index is 0.324. The second-order valence-corrected chi connectivity index (χ2v) is 4.88. The highest BCUT2D eigenvalue weighted by atomic mass is 35.5. The van der Waals surface area contributed by atoms with Crippen LogP contribution in [-0.2, 0) is 6.54 Å². The van der Waals surface area contributed by atoms with Gasteiger partial charge in [-0.15, -0.1) is 0 Å². The highest BCUT2D eigenvalue weighted by Gasteiger charge is 2.18. The molecule has 5 heteroatoms. The van der Waals surface area contributed by atoms with Crippen molar-refractivity contribution < 1.29 is 14.6 Å². The molecule has 0 amide bonds. The molecule has 0 bridgehead atoms. The lowest BCUT2D eigenvalue weighted by Crippen LogP contribution is -2.26. The van der Waals surface area contributed by atoms with Crippen molar-refractivity contribution in [2.75, 3.05) is 13.7 Å². The summed E-state index contributed by atoms with van der Waals surface area (Å²) >= 11 is 6.07. The first kappa shape index (κ1) is 16.1. The van der Waals surface area contributed by atoms with Gasteiger partial charge in [0.2, 0.25) is 0 Å². The Morgan fingerprint density at radius 3 is 2.58 bits per heavy atom. The Morgan fingerprint density at radius 1 is 1.37 bits per heavy atom. The third-order valence-electron chi connectivity index (χ3n) is 2.86. The summed E-state index contributed by atoms with van der Waals surface area (Å²) in [6.45, 7) is 7.02. The summed E-state index contributed by atoms with van der Waals surface area (Å²) in [5.41, 5.74) is 0.915. The summed E-state index contributed by atoms with van der Waals surface area (Å²) in [7, 11) is 1.57. The number of hydrogen-bond donors (Lipinski definition) is 2. The summed E-state index contributed by atoms with van der Waals surface area (Å²) < 4.78 is 11.1. The van der Waals surface area contributed by atoms with Crippen LogP contribution in [0.5, 0.6) is 11.5 Å². The van der Waals surface area contributed by atoms with Gasteiger partial charge in [0, 0.05) is 23.2 Å². The van der Waals surface area contributed by atoms with Gasteiger partial charge in [-0.25, -0.2) is 0 Å². The fourth-order valence-electron chi connectivity index (χ4n) is 1.58. The molecule has 0 spiro atoms. The molecule has 2 N–H and O–H groups in total. The van der Waals surface area contributed by atoms with Gasteiger partial charge in [0.05, 0.1) is 13.2 Å². The predicted molar refractivity (Wildman–Crippen MR) is 77.2 cm³/mol. The number of ether oxygens (including phenoxy) is 2. The maximum Gasteiger partial charge on any atom is 0.166 e. The maximum absolute atomic E-state index is 9.56. The van der Waals surface area contributed by atoms with Crippen molar-refractivity contribution >= 4 is 11.6 Å². The molecule has 0 heterocycles. The minimum atomic E-state index is -0.563. The van der Waals surface area contributed by atoms with Crippen molar-refractivity contribution in [2.45, 2.75) is 39.5 Å². The van der Waals surface area contributed by atoms with Crippen molar-refractivity contribution in [3.8, 4) is 11.5 Å². The Labute approximate surface area is 119 Å². The Kier molecular flexibility index (Phi) is 6.42. The molecule has 0 radical (unpaired) electrons. The molecule has 19 heavy (non-hydrogen) atoms. The van der Waals surface area contributed by atoms with Gasteiger partial charge in [0.25, 0.3) is 0 Å². The second-order valence-electron chi connectivity index (χ2n) is 4.44. The molecule has 2 atom stereocenters. The van der Waals surface area contributed by atoms with E-state index in [1.54, 1.807) is 20.1 Å². The molecule has 0 aliphatic carbocycles. The Balaban J connectivity index is 3.08. The van der Waals surface area contributed by atoms with Crippen LogP contribution in [0.2, 0.25) is 5.02 Å². The first-order chi connectivity index (χ1) is 8.99. The maximum atomic E-state index is 9.56. The average molecular weight is 288 g/mol. The summed E-state index contributed by atoms with van der Waals surface area (Å²) in [4.78, 5) is 0. The number of methoxy groups -OCH3 is 1. The monoisotopic (exact) mass is 287 g/mol. The van der Waals surface area contributed by atoms with Gasteiger partial charge in [0.1, 0.15) is 6.10 Å². The number of aliphatic hydroxyl groups excluding tert-OH is 1. The zero-order valence-corrected chi connectivity index (χ0v) is 12.6. The SMILES string of the molecule is CCNCc1cc(Cl)cc(OC)c1OC(C)C(C)O. The summed E-state index contributed by atoms with van der Waals surface area (Å²) in [5.74, 6) is 1.20. The second kappa shape index (κ2) is 7.58. The lowest BCUT2D eigenvalue weighted by molar-refractivity contribution is 0.0579. The van der Waals surface area contributed by atoms with Crippen LogP contribution in [0.15, 0.2) is 12.1 Å². The highest BCUT2D eigenvalue weighted by molar-refractivity contribution is 6.30. The lowest BCUT2D eigenvalue weighted by Gasteiger charge is -2.22. The molecule has 1 aromatic rings. The van der Waals surface area contributed by atoms with Crippen molar-refractivity contribution in [1.29, 1.82) is 0 Å². The van der Waals surface area contributed by atoms with Gasteiger partial charge < -0.3 is 19.9 Å². The first-order valence-corrected chi connectivity index (χ1v) is 6.79. The molecule has 2 unspecified atom stereocenters. The molecule has 0 aliphatic rings. The van der Waals surface area contributed by atoms with Crippen LogP contribution in [0.4, 0.5) is 0 Å². The zero-order chi connectivity index (χ0) is 14.4. The van der Waals surface area contributed by atoms with Crippen LogP contribution in [-0.4, -0.2) is 31.0 Å². The van der Waals surface area contributed by atoms with Crippen LogP contribution in [0, 0.1) is 0 Å². The fraction of sp³-hybridized carbons (Fsp3) is 0.571. The van der Waals surface area contributed by atoms with Gasteiger partial charge >= 0.3 is 0 Å². The number of nitrogens with one attached hydrogen (secondary N) is 1. The van der Waals surface area contributed by atoms with E-state index in [0.29, 0.717) is 23.1 Å². The van der Waals surface area contributed by atoms with Crippen LogP contribution in [0.25, 0.3) is 0 Å². The van der Waals surface area contributed by atoms with Gasteiger partial charge in [-0.1, -0.05) is 18.5 Å². The predicted octanol–water partition coefficient (Wildman–Crippen LogP) is 2.61. The van der Waals surface area contributed by atoms with E-state index in [-0.39, 0.29) is 6.10 Å². The molecule has 0 fully saturated rings. The summed E-state index contributed by atoms with van der Waals surface area (Å²) in [6.07, 6.45) is -0.886. The van der Waals surface area contributed by atoms with E-state index in [1.165, 1.54) is 0 Å². The number of benzene rings is 1. The highest BCUT2D eigenvalue weighted by Crippen LogP contribution is 2.35. The minimum Gasteiger partial charge on any atom is -0.493 e. The number of aliphatic hydroxyl groups is 1. The van der Waals surface area contributed by atoms with E-state index in [1.807, 2.05) is 19.9 Å². The Bertz CT molecular complexity index is 410. The first-order valence-electron chi connectivity index (χ1n) is 6.41. The van der Waals surface area contributed by atoms with Crippen molar-refractivity contribution in [2.24, 2.45) is 0 Å². The molecule has 0 aromatic heterocycles. The normalized spacial score (nSPS) is 14.0. The van der Waals surface area contributed by atoms with Crippen LogP contribution in [0.3, 0.4) is 0 Å².